The van der Waals surface area contributed by atoms with Gasteiger partial charge in [0.05, 0.1) is 12.1 Å². The number of nitrogens with zero attached hydrogens (tertiary/aromatic N) is 1. The van der Waals surface area contributed by atoms with Gasteiger partial charge in [-0.05, 0) is 19.1 Å². The fourth-order valence-corrected chi connectivity index (χ4v) is 1.39. The van der Waals surface area contributed by atoms with Gasteiger partial charge in [-0.15, -0.1) is 0 Å². The van der Waals surface area contributed by atoms with E-state index in [1.807, 2.05) is 6.92 Å². The van der Waals surface area contributed by atoms with Crippen LogP contribution in [0.3, 0.4) is 0 Å². The minimum Gasteiger partial charge on any atom is -0.492 e. The van der Waals surface area contributed by atoms with E-state index >= 15 is 0 Å². The first-order valence-electron chi connectivity index (χ1n) is 4.73. The predicted octanol–water partition coefficient (Wildman–Crippen LogP) is 2.02. The van der Waals surface area contributed by atoms with Crippen molar-refractivity contribution in [3.8, 4) is 11.8 Å². The van der Waals surface area contributed by atoms with Gasteiger partial charge in [-0.2, -0.15) is 4.98 Å². The predicted molar refractivity (Wildman–Crippen MR) is 55.9 cm³/mol. The van der Waals surface area contributed by atoms with Crippen LogP contribution in [0.4, 0.5) is 4.79 Å². The third-order valence-corrected chi connectivity index (χ3v) is 1.94. The molecule has 0 aliphatic heterocycles. The van der Waals surface area contributed by atoms with Gasteiger partial charge in [-0.1, -0.05) is 6.07 Å². The number of aromatic amines is 1. The number of ether oxygens (including phenoxy) is 2. The minimum atomic E-state index is -1.41. The summed E-state index contributed by atoms with van der Waals surface area (Å²) in [5.74, 6) is 0.594. The number of aromatic nitrogens is 2. The maximum absolute atomic E-state index is 10.3. The van der Waals surface area contributed by atoms with Gasteiger partial charge >= 0.3 is 12.2 Å². The third-order valence-electron chi connectivity index (χ3n) is 1.94. The lowest BCUT2D eigenvalue weighted by Gasteiger charge is -2.01. The van der Waals surface area contributed by atoms with Gasteiger partial charge in [0, 0.05) is 0 Å². The SMILES string of the molecule is CCOc1cccc2[nH]c(OC(=O)O)nc12. The zero-order chi connectivity index (χ0) is 11.5. The summed E-state index contributed by atoms with van der Waals surface area (Å²) in [6, 6.07) is 5.25. The number of nitrogens with one attached hydrogen (secondary N) is 1. The van der Waals surface area contributed by atoms with E-state index in [4.69, 9.17) is 9.84 Å². The number of fused-ring (bicyclic) bond motifs is 1. The molecule has 0 saturated carbocycles. The number of para-hydroxylation sites is 1. The Morgan fingerprint density at radius 2 is 2.38 bits per heavy atom. The van der Waals surface area contributed by atoms with E-state index in [1.54, 1.807) is 18.2 Å². The van der Waals surface area contributed by atoms with Gasteiger partial charge < -0.3 is 19.6 Å². The molecule has 0 atom stereocenters. The molecule has 0 radical (unpaired) electrons. The number of rotatable bonds is 3. The van der Waals surface area contributed by atoms with Crippen LogP contribution < -0.4 is 9.47 Å². The highest BCUT2D eigenvalue weighted by Crippen LogP contribution is 2.25. The fraction of sp³-hybridized carbons (Fsp3) is 0.200. The topological polar surface area (TPSA) is 84.4 Å². The molecule has 0 unspecified atom stereocenters. The molecule has 2 rings (SSSR count). The lowest BCUT2D eigenvalue weighted by Crippen LogP contribution is -2.03. The number of hydrogen-bond acceptors (Lipinski definition) is 4. The van der Waals surface area contributed by atoms with Crippen molar-refractivity contribution in [1.82, 2.24) is 9.97 Å². The van der Waals surface area contributed by atoms with Crippen LogP contribution in [0.1, 0.15) is 6.92 Å². The number of benzene rings is 1. The summed E-state index contributed by atoms with van der Waals surface area (Å²) in [5.41, 5.74) is 1.22. The van der Waals surface area contributed by atoms with Crippen LogP contribution in [-0.4, -0.2) is 27.8 Å². The second kappa shape index (κ2) is 4.09. The van der Waals surface area contributed by atoms with Gasteiger partial charge in [-0.3, -0.25) is 0 Å². The van der Waals surface area contributed by atoms with Gasteiger partial charge in [0.2, 0.25) is 0 Å². The summed E-state index contributed by atoms with van der Waals surface area (Å²) in [4.78, 5) is 17.1. The molecule has 0 spiro atoms. The van der Waals surface area contributed by atoms with Gasteiger partial charge in [-0.25, -0.2) is 4.79 Å². The molecule has 2 aromatic rings. The highest BCUT2D eigenvalue weighted by Gasteiger charge is 2.10. The lowest BCUT2D eigenvalue weighted by molar-refractivity contribution is 0.141. The highest BCUT2D eigenvalue weighted by molar-refractivity contribution is 5.82. The van der Waals surface area contributed by atoms with E-state index in [-0.39, 0.29) is 6.01 Å². The molecule has 0 fully saturated rings. The van der Waals surface area contributed by atoms with Crippen LogP contribution in [0.2, 0.25) is 0 Å². The molecule has 0 aliphatic rings. The Labute approximate surface area is 90.8 Å². The second-order valence-electron chi connectivity index (χ2n) is 3.00. The largest absolute Gasteiger partial charge is 0.513 e. The molecule has 16 heavy (non-hydrogen) atoms. The van der Waals surface area contributed by atoms with Gasteiger partial charge in [0.1, 0.15) is 11.3 Å². The minimum absolute atomic E-state index is 0.0605. The Balaban J connectivity index is 2.43. The van der Waals surface area contributed by atoms with Crippen molar-refractivity contribution in [3.63, 3.8) is 0 Å². The molecule has 0 aliphatic carbocycles. The summed E-state index contributed by atoms with van der Waals surface area (Å²) in [7, 11) is 0. The number of hydrogen-bond donors (Lipinski definition) is 2. The lowest BCUT2D eigenvalue weighted by atomic mass is 10.3. The van der Waals surface area contributed by atoms with Crippen molar-refractivity contribution in [3.05, 3.63) is 18.2 Å². The Kier molecular flexibility index (Phi) is 2.63. The summed E-state index contributed by atoms with van der Waals surface area (Å²) in [6.45, 7) is 2.38. The molecule has 6 heteroatoms. The first-order chi connectivity index (χ1) is 7.70. The highest BCUT2D eigenvalue weighted by atomic mass is 16.7. The zero-order valence-electron chi connectivity index (χ0n) is 8.56. The van der Waals surface area contributed by atoms with Crippen LogP contribution in [0.25, 0.3) is 11.0 Å². The molecule has 6 nitrogen and oxygen atoms in total. The molecular weight excluding hydrogens is 212 g/mol. The molecule has 1 aromatic heterocycles. The molecule has 0 amide bonds. The van der Waals surface area contributed by atoms with Crippen molar-refractivity contribution < 1.29 is 19.4 Å². The molecular formula is C10H10N2O4. The van der Waals surface area contributed by atoms with E-state index in [0.29, 0.717) is 23.4 Å². The van der Waals surface area contributed by atoms with E-state index in [1.165, 1.54) is 0 Å². The standard InChI is InChI=1S/C10H10N2O4/c1-2-15-7-5-3-4-6-8(7)12-9(11-6)16-10(13)14/h3-5H,2H2,1H3,(H,11,12)(H,13,14). The van der Waals surface area contributed by atoms with Crippen molar-refractivity contribution in [2.24, 2.45) is 0 Å². The van der Waals surface area contributed by atoms with Crippen LogP contribution in [0.5, 0.6) is 11.8 Å². The number of imidazole rings is 1. The van der Waals surface area contributed by atoms with Crippen molar-refractivity contribution >= 4 is 17.2 Å². The van der Waals surface area contributed by atoms with Crippen molar-refractivity contribution in [2.45, 2.75) is 6.92 Å². The van der Waals surface area contributed by atoms with Crippen LogP contribution >= 0.6 is 0 Å². The maximum atomic E-state index is 10.3. The Hall–Kier alpha value is -2.24. The summed E-state index contributed by atoms with van der Waals surface area (Å²) in [6.07, 6.45) is -1.41. The average molecular weight is 222 g/mol. The number of H-pyrrole nitrogens is 1. The molecule has 0 bridgehead atoms. The summed E-state index contributed by atoms with van der Waals surface area (Å²) < 4.78 is 9.78. The first kappa shape index (κ1) is 10.3. The zero-order valence-corrected chi connectivity index (χ0v) is 8.56. The molecule has 1 heterocycles. The fourth-order valence-electron chi connectivity index (χ4n) is 1.39. The smallest absolute Gasteiger partial charge is 0.492 e. The molecule has 1 aromatic carbocycles. The summed E-state index contributed by atoms with van der Waals surface area (Å²) in [5, 5.41) is 8.45. The second-order valence-corrected chi connectivity index (χ2v) is 3.00. The maximum Gasteiger partial charge on any atom is 0.513 e. The first-order valence-corrected chi connectivity index (χ1v) is 4.73. The van der Waals surface area contributed by atoms with E-state index in [9.17, 15) is 4.79 Å². The van der Waals surface area contributed by atoms with E-state index < -0.39 is 6.16 Å². The average Bonchev–Trinajstić information content (AvgIpc) is 2.60. The van der Waals surface area contributed by atoms with Gasteiger partial charge in [0.25, 0.3) is 0 Å². The molecule has 84 valence electrons. The van der Waals surface area contributed by atoms with Crippen LogP contribution in [0.15, 0.2) is 18.2 Å². The Morgan fingerprint density at radius 1 is 1.56 bits per heavy atom. The molecule has 0 saturated heterocycles. The Morgan fingerprint density at radius 3 is 3.06 bits per heavy atom. The van der Waals surface area contributed by atoms with Gasteiger partial charge in [0.15, 0.2) is 0 Å². The number of carboxylic acid groups (broad SMARTS) is 1. The normalized spacial score (nSPS) is 10.3. The quantitative estimate of drug-likeness (QED) is 0.776. The van der Waals surface area contributed by atoms with E-state index in [2.05, 4.69) is 14.7 Å². The Bertz CT molecular complexity index is 521. The van der Waals surface area contributed by atoms with Crippen molar-refractivity contribution in [2.75, 3.05) is 6.61 Å². The van der Waals surface area contributed by atoms with E-state index in [0.717, 1.165) is 0 Å². The van der Waals surface area contributed by atoms with Crippen LogP contribution in [0, 0.1) is 0 Å². The number of carbonyl (C=O) groups is 1. The molecule has 2 N–H and O–H groups in total. The monoisotopic (exact) mass is 222 g/mol. The summed E-state index contributed by atoms with van der Waals surface area (Å²) >= 11 is 0. The third kappa shape index (κ3) is 1.90. The van der Waals surface area contributed by atoms with Crippen LogP contribution in [-0.2, 0) is 0 Å². The van der Waals surface area contributed by atoms with Crippen molar-refractivity contribution in [1.29, 1.82) is 0 Å².